The van der Waals surface area contributed by atoms with Crippen molar-refractivity contribution in [3.05, 3.63) is 29.3 Å². The SMILES string of the molecule is COc1ccc(CN2CC3CCC(C2)O3)cc1CN. The summed E-state index contributed by atoms with van der Waals surface area (Å²) in [4.78, 5) is 2.49. The van der Waals surface area contributed by atoms with E-state index >= 15 is 0 Å². The van der Waals surface area contributed by atoms with E-state index in [1.165, 1.54) is 18.4 Å². The monoisotopic (exact) mass is 262 g/mol. The minimum atomic E-state index is 0.450. The van der Waals surface area contributed by atoms with Crippen LogP contribution in [0.4, 0.5) is 0 Å². The van der Waals surface area contributed by atoms with Crippen LogP contribution in [0.2, 0.25) is 0 Å². The van der Waals surface area contributed by atoms with Gasteiger partial charge in [0.1, 0.15) is 5.75 Å². The topological polar surface area (TPSA) is 47.7 Å². The van der Waals surface area contributed by atoms with Gasteiger partial charge in [0.25, 0.3) is 0 Å². The van der Waals surface area contributed by atoms with Gasteiger partial charge in [-0.2, -0.15) is 0 Å². The zero-order valence-electron chi connectivity index (χ0n) is 11.5. The maximum absolute atomic E-state index is 5.86. The number of nitrogens with two attached hydrogens (primary N) is 1. The fourth-order valence-electron chi connectivity index (χ4n) is 3.18. The Labute approximate surface area is 114 Å². The van der Waals surface area contributed by atoms with Crippen LogP contribution in [0.5, 0.6) is 5.75 Å². The van der Waals surface area contributed by atoms with Gasteiger partial charge in [-0.1, -0.05) is 6.07 Å². The Balaban J connectivity index is 1.69. The minimum Gasteiger partial charge on any atom is -0.496 e. The number of rotatable bonds is 4. The molecule has 0 amide bonds. The number of benzene rings is 1. The number of methoxy groups -OCH3 is 1. The van der Waals surface area contributed by atoms with Gasteiger partial charge in [0.2, 0.25) is 0 Å². The number of fused-ring (bicyclic) bond motifs is 2. The van der Waals surface area contributed by atoms with E-state index in [0.29, 0.717) is 18.8 Å². The van der Waals surface area contributed by atoms with Crippen LogP contribution < -0.4 is 10.5 Å². The van der Waals surface area contributed by atoms with Gasteiger partial charge in [0.05, 0.1) is 19.3 Å². The van der Waals surface area contributed by atoms with Crippen molar-refractivity contribution in [1.82, 2.24) is 4.90 Å². The molecule has 4 nitrogen and oxygen atoms in total. The van der Waals surface area contributed by atoms with Gasteiger partial charge >= 0.3 is 0 Å². The predicted molar refractivity (Wildman–Crippen MR) is 74.1 cm³/mol. The summed E-state index contributed by atoms with van der Waals surface area (Å²) in [6.45, 7) is 3.61. The smallest absolute Gasteiger partial charge is 0.123 e. The summed E-state index contributed by atoms with van der Waals surface area (Å²) in [5, 5.41) is 0. The zero-order chi connectivity index (χ0) is 13.2. The van der Waals surface area contributed by atoms with E-state index in [2.05, 4.69) is 17.0 Å². The van der Waals surface area contributed by atoms with E-state index in [4.69, 9.17) is 15.2 Å². The van der Waals surface area contributed by atoms with Crippen molar-refractivity contribution in [1.29, 1.82) is 0 Å². The van der Waals surface area contributed by atoms with E-state index in [0.717, 1.165) is 30.9 Å². The summed E-state index contributed by atoms with van der Waals surface area (Å²) in [6.07, 6.45) is 3.34. The average molecular weight is 262 g/mol. The quantitative estimate of drug-likeness (QED) is 0.893. The Bertz CT molecular complexity index is 438. The van der Waals surface area contributed by atoms with Gasteiger partial charge in [-0.15, -0.1) is 0 Å². The maximum Gasteiger partial charge on any atom is 0.123 e. The fraction of sp³-hybridized carbons (Fsp3) is 0.600. The summed E-state index contributed by atoms with van der Waals surface area (Å²) < 4.78 is 11.2. The standard InChI is InChI=1S/C15H22N2O2/c1-18-15-5-2-11(6-12(15)7-16)8-17-9-13-3-4-14(10-17)19-13/h2,5-6,13-14H,3-4,7-10,16H2,1H3. The highest BCUT2D eigenvalue weighted by Gasteiger charge is 2.33. The number of ether oxygens (including phenoxy) is 2. The Morgan fingerprint density at radius 2 is 2.05 bits per heavy atom. The largest absolute Gasteiger partial charge is 0.496 e. The molecule has 2 N–H and O–H groups in total. The predicted octanol–water partition coefficient (Wildman–Crippen LogP) is 1.52. The van der Waals surface area contributed by atoms with Gasteiger partial charge in [-0.3, -0.25) is 4.90 Å². The van der Waals surface area contributed by atoms with Gasteiger partial charge in [-0.25, -0.2) is 0 Å². The highest BCUT2D eigenvalue weighted by Crippen LogP contribution is 2.28. The summed E-state index contributed by atoms with van der Waals surface area (Å²) in [5.74, 6) is 0.883. The second-order valence-corrected chi connectivity index (χ2v) is 5.50. The summed E-state index contributed by atoms with van der Waals surface area (Å²) >= 11 is 0. The van der Waals surface area contributed by atoms with Crippen LogP contribution in [-0.2, 0) is 17.8 Å². The third kappa shape index (κ3) is 2.76. The molecule has 2 aliphatic rings. The van der Waals surface area contributed by atoms with Crippen LogP contribution >= 0.6 is 0 Å². The van der Waals surface area contributed by atoms with Crippen molar-refractivity contribution in [2.24, 2.45) is 5.73 Å². The summed E-state index contributed by atoms with van der Waals surface area (Å²) in [5.41, 5.74) is 8.16. The molecule has 1 aromatic carbocycles. The van der Waals surface area contributed by atoms with E-state index in [-0.39, 0.29) is 0 Å². The second kappa shape index (κ2) is 5.49. The first-order valence-electron chi connectivity index (χ1n) is 7.02. The Morgan fingerprint density at radius 3 is 2.68 bits per heavy atom. The van der Waals surface area contributed by atoms with Crippen LogP contribution in [-0.4, -0.2) is 37.3 Å². The molecule has 19 heavy (non-hydrogen) atoms. The molecule has 2 heterocycles. The van der Waals surface area contributed by atoms with Crippen molar-refractivity contribution in [3.63, 3.8) is 0 Å². The molecule has 2 unspecified atom stereocenters. The molecular formula is C15H22N2O2. The van der Waals surface area contributed by atoms with Crippen molar-refractivity contribution in [2.75, 3.05) is 20.2 Å². The lowest BCUT2D eigenvalue weighted by molar-refractivity contribution is -0.0410. The molecule has 4 heteroatoms. The lowest BCUT2D eigenvalue weighted by Crippen LogP contribution is -2.41. The van der Waals surface area contributed by atoms with Crippen LogP contribution in [0.3, 0.4) is 0 Å². The zero-order valence-corrected chi connectivity index (χ0v) is 11.5. The molecule has 2 fully saturated rings. The van der Waals surface area contributed by atoms with E-state index < -0.39 is 0 Å². The number of likely N-dealkylation sites (tertiary alicyclic amines) is 1. The number of hydrogen-bond donors (Lipinski definition) is 1. The van der Waals surface area contributed by atoms with E-state index in [1.54, 1.807) is 7.11 Å². The Hall–Kier alpha value is -1.10. The molecule has 0 spiro atoms. The number of morpholine rings is 1. The molecular weight excluding hydrogens is 240 g/mol. The first-order chi connectivity index (χ1) is 9.28. The minimum absolute atomic E-state index is 0.450. The first-order valence-corrected chi connectivity index (χ1v) is 7.02. The third-order valence-electron chi connectivity index (χ3n) is 4.09. The molecule has 2 aliphatic heterocycles. The van der Waals surface area contributed by atoms with Crippen molar-refractivity contribution in [3.8, 4) is 5.75 Å². The van der Waals surface area contributed by atoms with Gasteiger partial charge in [0.15, 0.2) is 0 Å². The molecule has 2 atom stereocenters. The van der Waals surface area contributed by atoms with Crippen LogP contribution in [0.25, 0.3) is 0 Å². The number of hydrogen-bond acceptors (Lipinski definition) is 4. The van der Waals surface area contributed by atoms with Crippen LogP contribution in [0, 0.1) is 0 Å². The normalized spacial score (nSPS) is 26.6. The summed E-state index contributed by atoms with van der Waals surface area (Å²) in [7, 11) is 1.69. The lowest BCUT2D eigenvalue weighted by Gasteiger charge is -2.32. The molecule has 1 aromatic rings. The van der Waals surface area contributed by atoms with Gasteiger partial charge in [0, 0.05) is 31.7 Å². The molecule has 0 saturated carbocycles. The molecule has 2 bridgehead atoms. The third-order valence-corrected chi connectivity index (χ3v) is 4.09. The molecule has 2 saturated heterocycles. The van der Waals surface area contributed by atoms with Crippen LogP contribution in [0.1, 0.15) is 24.0 Å². The Kier molecular flexibility index (Phi) is 3.73. The van der Waals surface area contributed by atoms with Gasteiger partial charge in [-0.05, 0) is 30.5 Å². The molecule has 3 rings (SSSR count). The average Bonchev–Trinajstić information content (AvgIpc) is 2.78. The maximum atomic E-state index is 5.86. The Morgan fingerprint density at radius 1 is 1.32 bits per heavy atom. The van der Waals surface area contributed by atoms with Crippen molar-refractivity contribution >= 4 is 0 Å². The highest BCUT2D eigenvalue weighted by molar-refractivity contribution is 5.37. The van der Waals surface area contributed by atoms with E-state index in [9.17, 15) is 0 Å². The summed E-state index contributed by atoms with van der Waals surface area (Å²) in [6, 6.07) is 6.32. The van der Waals surface area contributed by atoms with E-state index in [1.807, 2.05) is 6.07 Å². The fourth-order valence-corrected chi connectivity index (χ4v) is 3.18. The first kappa shape index (κ1) is 12.9. The van der Waals surface area contributed by atoms with Gasteiger partial charge < -0.3 is 15.2 Å². The second-order valence-electron chi connectivity index (χ2n) is 5.50. The highest BCUT2D eigenvalue weighted by atomic mass is 16.5. The molecule has 0 radical (unpaired) electrons. The van der Waals surface area contributed by atoms with Crippen LogP contribution in [0.15, 0.2) is 18.2 Å². The van der Waals surface area contributed by atoms with Crippen molar-refractivity contribution in [2.45, 2.75) is 38.1 Å². The number of nitrogens with zero attached hydrogens (tertiary/aromatic N) is 1. The molecule has 0 aromatic heterocycles. The molecule has 0 aliphatic carbocycles. The van der Waals surface area contributed by atoms with Crippen molar-refractivity contribution < 1.29 is 9.47 Å². The lowest BCUT2D eigenvalue weighted by atomic mass is 10.1. The molecule has 104 valence electrons.